The molecule has 2 aliphatic heterocycles. The Labute approximate surface area is 204 Å². The Morgan fingerprint density at radius 2 is 1.69 bits per heavy atom. The van der Waals surface area contributed by atoms with Crippen LogP contribution in [0.2, 0.25) is 0 Å². The van der Waals surface area contributed by atoms with E-state index in [9.17, 15) is 4.79 Å². The van der Waals surface area contributed by atoms with E-state index in [-0.39, 0.29) is 5.56 Å². The van der Waals surface area contributed by atoms with Gasteiger partial charge in [0.05, 0.1) is 32.4 Å². The molecule has 8 heteroatoms. The fraction of sp³-hybridized carbons (Fsp3) is 0.444. The zero-order valence-electron chi connectivity index (χ0n) is 20.9. The van der Waals surface area contributed by atoms with Crippen LogP contribution in [-0.2, 0) is 15.3 Å². The number of aromatic amines is 1. The lowest BCUT2D eigenvalue weighted by atomic mass is 9.88. The lowest BCUT2D eigenvalue weighted by Gasteiger charge is -2.39. The number of methoxy groups -OCH3 is 3. The van der Waals surface area contributed by atoms with E-state index in [1.54, 1.807) is 21.3 Å². The zero-order chi connectivity index (χ0) is 25.0. The Morgan fingerprint density at radius 1 is 1.00 bits per heavy atom. The molecule has 5 rings (SSSR count). The van der Waals surface area contributed by atoms with Crippen LogP contribution in [0.3, 0.4) is 0 Å². The second-order valence-corrected chi connectivity index (χ2v) is 9.44. The number of H-pyrrole nitrogens is 1. The van der Waals surface area contributed by atoms with Gasteiger partial charge in [0, 0.05) is 17.4 Å². The van der Waals surface area contributed by atoms with Gasteiger partial charge in [0.25, 0.3) is 5.56 Å². The van der Waals surface area contributed by atoms with Gasteiger partial charge in [0.15, 0.2) is 17.3 Å². The molecule has 1 saturated heterocycles. The molecule has 8 nitrogen and oxygen atoms in total. The van der Waals surface area contributed by atoms with Gasteiger partial charge in [-0.15, -0.1) is 0 Å². The van der Waals surface area contributed by atoms with Gasteiger partial charge in [-0.1, -0.05) is 25.5 Å². The molecule has 0 spiro atoms. The van der Waals surface area contributed by atoms with Crippen molar-refractivity contribution in [1.29, 1.82) is 0 Å². The highest BCUT2D eigenvalue weighted by molar-refractivity contribution is 5.86. The molecule has 3 heterocycles. The zero-order valence-corrected chi connectivity index (χ0v) is 20.9. The first-order valence-electron chi connectivity index (χ1n) is 11.8. The maximum Gasteiger partial charge on any atom is 0.258 e. The molecule has 0 unspecified atom stereocenters. The first-order valence-corrected chi connectivity index (χ1v) is 11.8. The number of hydrogen-bond acceptors (Lipinski definition) is 7. The summed E-state index contributed by atoms with van der Waals surface area (Å²) >= 11 is 0. The van der Waals surface area contributed by atoms with Crippen LogP contribution in [0.4, 0.5) is 0 Å². The third-order valence-corrected chi connectivity index (χ3v) is 6.84. The third kappa shape index (κ3) is 3.54. The molecule has 35 heavy (non-hydrogen) atoms. The predicted molar refractivity (Wildman–Crippen MR) is 131 cm³/mol. The van der Waals surface area contributed by atoms with Gasteiger partial charge in [-0.2, -0.15) is 0 Å². The molecule has 2 aliphatic rings. The Hall–Kier alpha value is -3.23. The van der Waals surface area contributed by atoms with E-state index in [1.807, 2.05) is 50.2 Å². The lowest BCUT2D eigenvalue weighted by Crippen LogP contribution is -2.49. The van der Waals surface area contributed by atoms with Crippen molar-refractivity contribution in [2.75, 3.05) is 21.3 Å². The summed E-state index contributed by atoms with van der Waals surface area (Å²) in [6, 6.07) is 11.3. The van der Waals surface area contributed by atoms with Gasteiger partial charge in [0.2, 0.25) is 5.75 Å². The van der Waals surface area contributed by atoms with Crippen LogP contribution in [0.1, 0.15) is 50.8 Å². The highest BCUT2D eigenvalue weighted by Gasteiger charge is 2.59. The molecule has 0 aliphatic carbocycles. The molecule has 1 N–H and O–H groups in total. The number of nitrogens with one attached hydrogen (secondary N) is 1. The van der Waals surface area contributed by atoms with E-state index < -0.39 is 23.6 Å². The highest BCUT2D eigenvalue weighted by atomic mass is 16.8. The lowest BCUT2D eigenvalue weighted by molar-refractivity contribution is -0.199. The van der Waals surface area contributed by atoms with E-state index in [0.717, 1.165) is 17.4 Å². The number of rotatable bonds is 6. The van der Waals surface area contributed by atoms with E-state index in [4.69, 9.17) is 28.4 Å². The van der Waals surface area contributed by atoms with Gasteiger partial charge >= 0.3 is 0 Å². The average molecular weight is 482 g/mol. The van der Waals surface area contributed by atoms with Crippen LogP contribution < -0.4 is 24.5 Å². The van der Waals surface area contributed by atoms with Crippen molar-refractivity contribution in [3.05, 3.63) is 57.9 Å². The summed E-state index contributed by atoms with van der Waals surface area (Å²) in [5.41, 5.74) is 0.875. The maximum atomic E-state index is 13.3. The van der Waals surface area contributed by atoms with Crippen LogP contribution in [0.5, 0.6) is 23.0 Å². The van der Waals surface area contributed by atoms with E-state index in [0.29, 0.717) is 40.5 Å². The number of aromatic nitrogens is 1. The summed E-state index contributed by atoms with van der Waals surface area (Å²) in [4.78, 5) is 16.3. The number of hydrogen-bond donors (Lipinski definition) is 1. The number of pyridine rings is 1. The van der Waals surface area contributed by atoms with Crippen molar-refractivity contribution in [2.45, 2.75) is 57.2 Å². The minimum Gasteiger partial charge on any atom is -0.493 e. The summed E-state index contributed by atoms with van der Waals surface area (Å²) in [7, 11) is 4.70. The topological polar surface area (TPSA) is 88.2 Å². The van der Waals surface area contributed by atoms with Gasteiger partial charge < -0.3 is 33.4 Å². The first kappa shape index (κ1) is 23.5. The van der Waals surface area contributed by atoms with Crippen LogP contribution in [-0.4, -0.2) is 38.0 Å². The fourth-order valence-electron chi connectivity index (χ4n) is 5.22. The molecule has 0 bridgehead atoms. The monoisotopic (exact) mass is 481 g/mol. The van der Waals surface area contributed by atoms with Gasteiger partial charge in [-0.05, 0) is 38.1 Å². The largest absolute Gasteiger partial charge is 0.493 e. The molecule has 0 radical (unpaired) electrons. The Balaban J connectivity index is 1.70. The Bertz CT molecular complexity index is 1310. The predicted octanol–water partition coefficient (Wildman–Crippen LogP) is 4.83. The molecule has 1 aromatic heterocycles. The fourth-order valence-corrected chi connectivity index (χ4v) is 5.22. The molecule has 186 valence electrons. The third-order valence-electron chi connectivity index (χ3n) is 6.84. The normalized spacial score (nSPS) is 24.4. The molecule has 3 aromatic rings. The Morgan fingerprint density at radius 3 is 2.31 bits per heavy atom. The van der Waals surface area contributed by atoms with Gasteiger partial charge in [0.1, 0.15) is 23.6 Å². The van der Waals surface area contributed by atoms with Crippen LogP contribution in [0.25, 0.3) is 10.9 Å². The Kier molecular flexibility index (Phi) is 5.68. The van der Waals surface area contributed by atoms with Gasteiger partial charge in [-0.3, -0.25) is 4.79 Å². The molecule has 2 aromatic carbocycles. The quantitative estimate of drug-likeness (QED) is 0.539. The summed E-state index contributed by atoms with van der Waals surface area (Å²) in [6.07, 6.45) is 0.170. The van der Waals surface area contributed by atoms with E-state index in [1.165, 1.54) is 0 Å². The van der Waals surface area contributed by atoms with E-state index >= 15 is 0 Å². The van der Waals surface area contributed by atoms with Crippen molar-refractivity contribution >= 4 is 10.9 Å². The van der Waals surface area contributed by atoms with Crippen molar-refractivity contribution in [3.63, 3.8) is 0 Å². The van der Waals surface area contributed by atoms with Crippen LogP contribution >= 0.6 is 0 Å². The summed E-state index contributed by atoms with van der Waals surface area (Å²) in [5.74, 6) is 0.879. The highest BCUT2D eigenvalue weighted by Crippen LogP contribution is 2.56. The molecule has 1 fully saturated rings. The second-order valence-electron chi connectivity index (χ2n) is 9.44. The van der Waals surface area contributed by atoms with Crippen molar-refractivity contribution in [1.82, 2.24) is 4.98 Å². The number of ether oxygens (including phenoxy) is 6. The second kappa shape index (κ2) is 8.46. The molecule has 3 atom stereocenters. The van der Waals surface area contributed by atoms with Crippen LogP contribution in [0, 0.1) is 0 Å². The smallest absolute Gasteiger partial charge is 0.258 e. The number of para-hydroxylation sites is 1. The summed E-state index contributed by atoms with van der Waals surface area (Å²) in [6.45, 7) is 5.98. The SMILES string of the molecule is CCC[C@]1(c2cc(OC)c(OC)c(OC)c2)O[C@H]2c3c(c4ccccc4[nH]c3=O)OC(C)(C)[C@H]2O1. The maximum absolute atomic E-state index is 13.3. The molecule has 0 saturated carbocycles. The molecular formula is C27H31NO7. The number of fused-ring (bicyclic) bond motifs is 5. The van der Waals surface area contributed by atoms with Crippen molar-refractivity contribution < 1.29 is 28.4 Å². The minimum atomic E-state index is -1.14. The van der Waals surface area contributed by atoms with Crippen LogP contribution in [0.15, 0.2) is 41.2 Å². The number of benzene rings is 2. The van der Waals surface area contributed by atoms with E-state index in [2.05, 4.69) is 11.9 Å². The standard InChI is InChI=1S/C27H31NO7/c1-7-12-27(15-13-18(30-4)22(32-6)19(14-15)31-5)34-23-20-21(33-26(2,3)24(23)35-27)16-10-8-9-11-17(16)28-25(20)29/h8-11,13-14,23-24H,7,12H2,1-6H3,(H,28,29)/t23-,24-,27-/m0/s1. The minimum absolute atomic E-state index is 0.245. The molecule has 0 amide bonds. The summed E-state index contributed by atoms with van der Waals surface area (Å²) < 4.78 is 36.7. The first-order chi connectivity index (χ1) is 16.8. The van der Waals surface area contributed by atoms with Crippen molar-refractivity contribution in [3.8, 4) is 23.0 Å². The van der Waals surface area contributed by atoms with Crippen molar-refractivity contribution in [2.24, 2.45) is 0 Å². The molecular weight excluding hydrogens is 450 g/mol. The van der Waals surface area contributed by atoms with Gasteiger partial charge in [-0.25, -0.2) is 0 Å². The summed E-state index contributed by atoms with van der Waals surface area (Å²) in [5, 5.41) is 0.831. The average Bonchev–Trinajstić information content (AvgIpc) is 3.24.